The zero-order valence-electron chi connectivity index (χ0n) is 16.4. The number of para-hydroxylation sites is 1. The van der Waals surface area contributed by atoms with Crippen molar-refractivity contribution in [2.24, 2.45) is 0 Å². The highest BCUT2D eigenvalue weighted by Crippen LogP contribution is 2.19. The lowest BCUT2D eigenvalue weighted by atomic mass is 10.1. The monoisotopic (exact) mass is 403 g/mol. The number of benzene rings is 3. The molecule has 0 fully saturated rings. The van der Waals surface area contributed by atoms with Gasteiger partial charge in [0.05, 0.1) is 22.6 Å². The lowest BCUT2D eigenvalue weighted by Gasteiger charge is -2.19. The van der Waals surface area contributed by atoms with E-state index in [9.17, 15) is 19.7 Å². The Kier molecular flexibility index (Phi) is 6.54. The lowest BCUT2D eigenvalue weighted by Crippen LogP contribution is -2.27. The maximum atomic E-state index is 12.9. The summed E-state index contributed by atoms with van der Waals surface area (Å²) in [6, 6.07) is 22.3. The predicted molar refractivity (Wildman–Crippen MR) is 114 cm³/mol. The Morgan fingerprint density at radius 3 is 2.20 bits per heavy atom. The van der Waals surface area contributed by atoms with Crippen LogP contribution >= 0.6 is 0 Å². The van der Waals surface area contributed by atoms with Crippen LogP contribution in [0.2, 0.25) is 0 Å². The molecule has 0 aliphatic carbocycles. The molecule has 3 aromatic rings. The number of hydrogen-bond donors (Lipinski definition) is 1. The molecule has 1 N–H and O–H groups in total. The van der Waals surface area contributed by atoms with E-state index >= 15 is 0 Å². The minimum atomic E-state index is -0.488. The molecular formula is C23H21N3O4. The molecule has 0 radical (unpaired) electrons. The van der Waals surface area contributed by atoms with Crippen LogP contribution in [0, 0.1) is 10.1 Å². The van der Waals surface area contributed by atoms with Crippen LogP contribution in [0.4, 0.5) is 11.4 Å². The molecule has 3 aromatic carbocycles. The summed E-state index contributed by atoms with van der Waals surface area (Å²) in [7, 11) is 1.71. The van der Waals surface area contributed by atoms with Gasteiger partial charge < -0.3 is 10.2 Å². The fourth-order valence-electron chi connectivity index (χ4n) is 3.03. The Morgan fingerprint density at radius 1 is 0.900 bits per heavy atom. The molecule has 0 saturated heterocycles. The van der Waals surface area contributed by atoms with E-state index in [2.05, 4.69) is 5.32 Å². The largest absolute Gasteiger partial charge is 0.337 e. The highest BCUT2D eigenvalue weighted by Gasteiger charge is 2.17. The number of carbonyl (C=O) groups is 2. The molecule has 7 nitrogen and oxygen atoms in total. The number of carbonyl (C=O) groups excluding carboxylic acids is 2. The number of nitrogens with one attached hydrogen (secondary N) is 1. The molecule has 0 bridgehead atoms. The van der Waals surface area contributed by atoms with Crippen molar-refractivity contribution in [2.75, 3.05) is 12.4 Å². The number of anilines is 1. The van der Waals surface area contributed by atoms with Crippen LogP contribution in [0.1, 0.15) is 21.5 Å². The molecule has 0 unspecified atom stereocenters. The number of hydrogen-bond acceptors (Lipinski definition) is 4. The first kappa shape index (κ1) is 20.7. The molecule has 0 atom stereocenters. The van der Waals surface area contributed by atoms with Crippen molar-refractivity contribution >= 4 is 23.2 Å². The fourth-order valence-corrected chi connectivity index (χ4v) is 3.03. The van der Waals surface area contributed by atoms with Gasteiger partial charge in [-0.3, -0.25) is 19.7 Å². The van der Waals surface area contributed by atoms with Crippen LogP contribution in [0.3, 0.4) is 0 Å². The molecule has 2 amide bonds. The van der Waals surface area contributed by atoms with E-state index in [1.54, 1.807) is 48.3 Å². The third-order valence-electron chi connectivity index (χ3n) is 4.55. The summed E-state index contributed by atoms with van der Waals surface area (Å²) in [4.78, 5) is 37.2. The van der Waals surface area contributed by atoms with Crippen molar-refractivity contribution in [1.29, 1.82) is 0 Å². The molecule has 0 aliphatic heterocycles. The number of nitro groups is 1. The summed E-state index contributed by atoms with van der Waals surface area (Å²) in [5.41, 5.74) is 2.44. The summed E-state index contributed by atoms with van der Waals surface area (Å²) in [6.07, 6.45) is 0.0420. The first-order valence-electron chi connectivity index (χ1n) is 9.35. The number of non-ortho nitro benzene ring substituents is 1. The van der Waals surface area contributed by atoms with Crippen molar-refractivity contribution in [2.45, 2.75) is 13.0 Å². The smallest absolute Gasteiger partial charge is 0.269 e. The second kappa shape index (κ2) is 9.47. The van der Waals surface area contributed by atoms with Gasteiger partial charge in [0.2, 0.25) is 5.91 Å². The van der Waals surface area contributed by atoms with E-state index in [0.29, 0.717) is 23.4 Å². The van der Waals surface area contributed by atoms with Crippen LogP contribution in [0.5, 0.6) is 0 Å². The number of amides is 2. The first-order valence-corrected chi connectivity index (χ1v) is 9.35. The van der Waals surface area contributed by atoms with E-state index in [1.807, 2.05) is 30.3 Å². The first-order chi connectivity index (χ1) is 14.4. The molecule has 0 heterocycles. The average molecular weight is 403 g/mol. The molecule has 3 rings (SSSR count). The van der Waals surface area contributed by atoms with E-state index in [0.717, 1.165) is 5.56 Å². The summed E-state index contributed by atoms with van der Waals surface area (Å²) in [6.45, 7) is 0.449. The average Bonchev–Trinajstić information content (AvgIpc) is 2.74. The SMILES string of the molecule is CN(Cc1ccccc1)C(=O)c1ccccc1NC(=O)Cc1ccc([N+](=O)[O-])cc1. The van der Waals surface area contributed by atoms with Gasteiger partial charge in [-0.2, -0.15) is 0 Å². The molecule has 0 aliphatic rings. The Bertz CT molecular complexity index is 1050. The van der Waals surface area contributed by atoms with Crippen molar-refractivity contribution < 1.29 is 14.5 Å². The number of nitro benzene ring substituents is 1. The summed E-state index contributed by atoms with van der Waals surface area (Å²) in [5.74, 6) is -0.514. The highest BCUT2D eigenvalue weighted by atomic mass is 16.6. The molecule has 0 spiro atoms. The standard InChI is InChI=1S/C23H21N3O4/c1-25(16-18-7-3-2-4-8-18)23(28)20-9-5-6-10-21(20)24-22(27)15-17-11-13-19(14-12-17)26(29)30/h2-14H,15-16H2,1H3,(H,24,27). The van der Waals surface area contributed by atoms with Gasteiger partial charge in [0.25, 0.3) is 11.6 Å². The fraction of sp³-hybridized carbons (Fsp3) is 0.130. The normalized spacial score (nSPS) is 10.3. The lowest BCUT2D eigenvalue weighted by molar-refractivity contribution is -0.384. The summed E-state index contributed by atoms with van der Waals surface area (Å²) in [5, 5.41) is 13.5. The molecular weight excluding hydrogens is 382 g/mol. The Morgan fingerprint density at radius 2 is 1.53 bits per heavy atom. The van der Waals surface area contributed by atoms with Gasteiger partial charge in [-0.05, 0) is 23.3 Å². The van der Waals surface area contributed by atoms with Gasteiger partial charge in [-0.25, -0.2) is 0 Å². The van der Waals surface area contributed by atoms with Gasteiger partial charge >= 0.3 is 0 Å². The third kappa shape index (κ3) is 5.29. The molecule has 7 heteroatoms. The second-order valence-electron chi connectivity index (χ2n) is 6.84. The quantitative estimate of drug-likeness (QED) is 0.476. The zero-order valence-corrected chi connectivity index (χ0v) is 16.4. The predicted octanol–water partition coefficient (Wildman–Crippen LogP) is 4.05. The van der Waals surface area contributed by atoms with Gasteiger partial charge in [0.15, 0.2) is 0 Å². The molecule has 0 saturated carbocycles. The van der Waals surface area contributed by atoms with Crippen molar-refractivity contribution in [1.82, 2.24) is 4.90 Å². The van der Waals surface area contributed by atoms with E-state index in [4.69, 9.17) is 0 Å². The van der Waals surface area contributed by atoms with Crippen LogP contribution in [-0.4, -0.2) is 28.7 Å². The van der Waals surface area contributed by atoms with Gasteiger partial charge in [-0.1, -0.05) is 54.6 Å². The Balaban J connectivity index is 1.69. The van der Waals surface area contributed by atoms with Crippen molar-refractivity contribution in [3.05, 3.63) is 106 Å². The zero-order chi connectivity index (χ0) is 21.5. The van der Waals surface area contributed by atoms with Crippen LogP contribution in [-0.2, 0) is 17.8 Å². The number of nitrogens with zero attached hydrogens (tertiary/aromatic N) is 2. The highest BCUT2D eigenvalue weighted by molar-refractivity contribution is 6.04. The minimum absolute atomic E-state index is 0.0310. The van der Waals surface area contributed by atoms with Gasteiger partial charge in [-0.15, -0.1) is 0 Å². The third-order valence-corrected chi connectivity index (χ3v) is 4.55. The van der Waals surface area contributed by atoms with Crippen LogP contribution < -0.4 is 5.32 Å². The molecule has 30 heavy (non-hydrogen) atoms. The van der Waals surface area contributed by atoms with Crippen molar-refractivity contribution in [3.63, 3.8) is 0 Å². The van der Waals surface area contributed by atoms with Gasteiger partial charge in [0.1, 0.15) is 0 Å². The van der Waals surface area contributed by atoms with Gasteiger partial charge in [0, 0.05) is 25.7 Å². The topological polar surface area (TPSA) is 92.6 Å². The van der Waals surface area contributed by atoms with Crippen LogP contribution in [0.25, 0.3) is 0 Å². The molecule has 0 aromatic heterocycles. The maximum Gasteiger partial charge on any atom is 0.269 e. The maximum absolute atomic E-state index is 12.9. The minimum Gasteiger partial charge on any atom is -0.337 e. The summed E-state index contributed by atoms with van der Waals surface area (Å²) >= 11 is 0. The summed E-state index contributed by atoms with van der Waals surface area (Å²) < 4.78 is 0. The number of rotatable bonds is 7. The second-order valence-corrected chi connectivity index (χ2v) is 6.84. The van der Waals surface area contributed by atoms with E-state index in [1.165, 1.54) is 12.1 Å². The Hall–Kier alpha value is -4.00. The Labute approximate surface area is 174 Å². The van der Waals surface area contributed by atoms with E-state index in [-0.39, 0.29) is 23.9 Å². The van der Waals surface area contributed by atoms with E-state index < -0.39 is 4.92 Å². The molecule has 152 valence electrons. The van der Waals surface area contributed by atoms with Crippen molar-refractivity contribution in [3.8, 4) is 0 Å². The van der Waals surface area contributed by atoms with Crippen LogP contribution in [0.15, 0.2) is 78.9 Å².